The van der Waals surface area contributed by atoms with Crippen molar-refractivity contribution in [3.05, 3.63) is 17.5 Å². The lowest BCUT2D eigenvalue weighted by Gasteiger charge is -1.97. The van der Waals surface area contributed by atoms with Gasteiger partial charge < -0.3 is 4.52 Å². The average Bonchev–Trinajstić information content (AvgIpc) is 2.13. The van der Waals surface area contributed by atoms with Gasteiger partial charge in [0.2, 0.25) is 0 Å². The first-order chi connectivity index (χ1) is 4.22. The van der Waals surface area contributed by atoms with Gasteiger partial charge in [0.05, 0.1) is 6.20 Å². The molecule has 1 rings (SSSR count). The van der Waals surface area contributed by atoms with Crippen LogP contribution in [-0.2, 0) is 0 Å². The minimum atomic E-state index is 0.524. The highest BCUT2D eigenvalue weighted by molar-refractivity contribution is 5.15. The molecule has 0 fully saturated rings. The van der Waals surface area contributed by atoms with Crippen molar-refractivity contribution in [2.24, 2.45) is 0 Å². The van der Waals surface area contributed by atoms with Gasteiger partial charge in [0, 0.05) is 5.56 Å². The zero-order chi connectivity index (χ0) is 6.85. The summed E-state index contributed by atoms with van der Waals surface area (Å²) < 4.78 is 4.88. The Morgan fingerprint density at radius 1 is 1.56 bits per heavy atom. The van der Waals surface area contributed by atoms with Crippen LogP contribution >= 0.6 is 0 Å². The molecule has 0 N–H and O–H groups in total. The summed E-state index contributed by atoms with van der Waals surface area (Å²) in [4.78, 5) is 0. The molecule has 0 atom stereocenters. The molecule has 0 bridgehead atoms. The lowest BCUT2D eigenvalue weighted by atomic mass is 10.1. The highest BCUT2D eigenvalue weighted by Gasteiger charge is 2.05. The third-order valence-electron chi connectivity index (χ3n) is 1.41. The lowest BCUT2D eigenvalue weighted by Crippen LogP contribution is -1.84. The van der Waals surface area contributed by atoms with Gasteiger partial charge in [0.25, 0.3) is 0 Å². The third kappa shape index (κ3) is 1.12. The number of hydrogen-bond donors (Lipinski definition) is 0. The Bertz CT molecular complexity index is 191. The predicted molar refractivity (Wildman–Crippen MR) is 35.3 cm³/mol. The Kier molecular flexibility index (Phi) is 1.56. The maximum atomic E-state index is 4.88. The Morgan fingerprint density at radius 3 is 2.44 bits per heavy atom. The molecular formula is C7H11NO. The Balaban J connectivity index is 2.94. The molecule has 0 amide bonds. The Morgan fingerprint density at radius 2 is 2.22 bits per heavy atom. The van der Waals surface area contributed by atoms with Crippen molar-refractivity contribution in [1.29, 1.82) is 0 Å². The molecule has 2 nitrogen and oxygen atoms in total. The summed E-state index contributed by atoms with van der Waals surface area (Å²) in [5, 5.41) is 3.67. The fourth-order valence-corrected chi connectivity index (χ4v) is 0.861. The lowest BCUT2D eigenvalue weighted by molar-refractivity contribution is 0.395. The summed E-state index contributed by atoms with van der Waals surface area (Å²) in [6.07, 6.45) is 1.78. The van der Waals surface area contributed by atoms with Crippen LogP contribution in [0.25, 0.3) is 0 Å². The molecule has 2 heteroatoms. The second kappa shape index (κ2) is 2.21. The van der Waals surface area contributed by atoms with E-state index in [1.54, 1.807) is 6.20 Å². The van der Waals surface area contributed by atoms with Crippen LogP contribution in [0.15, 0.2) is 10.7 Å². The smallest absolute Gasteiger partial charge is 0.137 e. The summed E-state index contributed by atoms with van der Waals surface area (Å²) in [6.45, 7) is 6.18. The van der Waals surface area contributed by atoms with Crippen LogP contribution < -0.4 is 0 Å². The second-order valence-corrected chi connectivity index (χ2v) is 2.49. The monoisotopic (exact) mass is 125 g/mol. The first-order valence-corrected chi connectivity index (χ1v) is 3.13. The van der Waals surface area contributed by atoms with Gasteiger partial charge in [-0.15, -0.1) is 0 Å². The zero-order valence-electron chi connectivity index (χ0n) is 6.01. The van der Waals surface area contributed by atoms with Gasteiger partial charge in [0.1, 0.15) is 5.76 Å². The van der Waals surface area contributed by atoms with Gasteiger partial charge in [-0.2, -0.15) is 0 Å². The number of hydrogen-bond acceptors (Lipinski definition) is 2. The molecule has 0 radical (unpaired) electrons. The van der Waals surface area contributed by atoms with E-state index in [9.17, 15) is 0 Å². The summed E-state index contributed by atoms with van der Waals surface area (Å²) in [5.74, 6) is 1.46. The van der Waals surface area contributed by atoms with Gasteiger partial charge in [-0.1, -0.05) is 19.0 Å². The van der Waals surface area contributed by atoms with Gasteiger partial charge in [-0.25, -0.2) is 0 Å². The molecule has 9 heavy (non-hydrogen) atoms. The molecule has 0 aliphatic heterocycles. The molecule has 1 heterocycles. The largest absolute Gasteiger partial charge is 0.361 e. The highest BCUT2D eigenvalue weighted by atomic mass is 16.5. The first-order valence-electron chi connectivity index (χ1n) is 3.13. The van der Waals surface area contributed by atoms with E-state index >= 15 is 0 Å². The Hall–Kier alpha value is -0.790. The van der Waals surface area contributed by atoms with E-state index < -0.39 is 0 Å². The van der Waals surface area contributed by atoms with Crippen molar-refractivity contribution < 1.29 is 4.52 Å². The molecular weight excluding hydrogens is 114 g/mol. The summed E-state index contributed by atoms with van der Waals surface area (Å²) in [7, 11) is 0. The van der Waals surface area contributed by atoms with Crippen LogP contribution in [0.4, 0.5) is 0 Å². The van der Waals surface area contributed by atoms with Gasteiger partial charge >= 0.3 is 0 Å². The fourth-order valence-electron chi connectivity index (χ4n) is 0.861. The van der Waals surface area contributed by atoms with Gasteiger partial charge in [-0.3, -0.25) is 0 Å². The van der Waals surface area contributed by atoms with Gasteiger partial charge in [0.15, 0.2) is 0 Å². The third-order valence-corrected chi connectivity index (χ3v) is 1.41. The van der Waals surface area contributed by atoms with Crippen molar-refractivity contribution in [3.8, 4) is 0 Å². The van der Waals surface area contributed by atoms with E-state index in [1.807, 2.05) is 6.92 Å². The molecule has 0 aliphatic carbocycles. The maximum Gasteiger partial charge on any atom is 0.137 e. The van der Waals surface area contributed by atoms with Crippen molar-refractivity contribution in [2.75, 3.05) is 0 Å². The number of aromatic nitrogens is 1. The SMILES string of the molecule is Cc1oncc1C(C)C. The fraction of sp³-hybridized carbons (Fsp3) is 0.571. The highest BCUT2D eigenvalue weighted by Crippen LogP contribution is 2.16. The van der Waals surface area contributed by atoms with Crippen molar-refractivity contribution >= 4 is 0 Å². The summed E-state index contributed by atoms with van der Waals surface area (Å²) >= 11 is 0. The molecule has 0 saturated carbocycles. The number of nitrogens with zero attached hydrogens (tertiary/aromatic N) is 1. The maximum absolute atomic E-state index is 4.88. The topological polar surface area (TPSA) is 26.0 Å². The zero-order valence-corrected chi connectivity index (χ0v) is 6.01. The van der Waals surface area contributed by atoms with E-state index in [4.69, 9.17) is 4.52 Å². The van der Waals surface area contributed by atoms with E-state index in [0.29, 0.717) is 5.92 Å². The van der Waals surface area contributed by atoms with E-state index in [-0.39, 0.29) is 0 Å². The minimum absolute atomic E-state index is 0.524. The second-order valence-electron chi connectivity index (χ2n) is 2.49. The van der Waals surface area contributed by atoms with Crippen LogP contribution in [0, 0.1) is 6.92 Å². The molecule has 0 aliphatic rings. The molecule has 0 aromatic carbocycles. The quantitative estimate of drug-likeness (QED) is 0.574. The van der Waals surface area contributed by atoms with Gasteiger partial charge in [-0.05, 0) is 12.8 Å². The number of rotatable bonds is 1. The van der Waals surface area contributed by atoms with E-state index in [1.165, 1.54) is 5.56 Å². The van der Waals surface area contributed by atoms with Crippen LogP contribution in [0.2, 0.25) is 0 Å². The Labute approximate surface area is 54.9 Å². The summed E-state index contributed by atoms with van der Waals surface area (Å²) in [6, 6.07) is 0. The van der Waals surface area contributed by atoms with Crippen molar-refractivity contribution in [1.82, 2.24) is 5.16 Å². The average molecular weight is 125 g/mol. The normalized spacial score (nSPS) is 10.7. The predicted octanol–water partition coefficient (Wildman–Crippen LogP) is 2.11. The molecule has 1 aromatic heterocycles. The molecule has 0 saturated heterocycles. The van der Waals surface area contributed by atoms with Crippen molar-refractivity contribution in [2.45, 2.75) is 26.7 Å². The molecule has 50 valence electrons. The van der Waals surface area contributed by atoms with Crippen LogP contribution in [0.1, 0.15) is 31.1 Å². The van der Waals surface area contributed by atoms with E-state index in [2.05, 4.69) is 19.0 Å². The number of aryl methyl sites for hydroxylation is 1. The standard InChI is InChI=1S/C7H11NO/c1-5(2)7-4-8-9-6(7)3/h4-5H,1-3H3. The summed E-state index contributed by atoms with van der Waals surface area (Å²) in [5.41, 5.74) is 1.20. The van der Waals surface area contributed by atoms with Crippen molar-refractivity contribution in [3.63, 3.8) is 0 Å². The molecule has 0 spiro atoms. The van der Waals surface area contributed by atoms with Crippen LogP contribution in [-0.4, -0.2) is 5.16 Å². The van der Waals surface area contributed by atoms with Crippen LogP contribution in [0.3, 0.4) is 0 Å². The van der Waals surface area contributed by atoms with E-state index in [0.717, 1.165) is 5.76 Å². The molecule has 1 aromatic rings. The molecule has 0 unspecified atom stereocenters. The minimum Gasteiger partial charge on any atom is -0.361 e. The van der Waals surface area contributed by atoms with Crippen LogP contribution in [0.5, 0.6) is 0 Å². The first kappa shape index (κ1) is 6.33.